The fraction of sp³-hybridized carbons (Fsp3) is 0.263. The number of methoxy groups -OCH3 is 1. The zero-order chi connectivity index (χ0) is 18.9. The third-order valence-corrected chi connectivity index (χ3v) is 3.84. The minimum Gasteiger partial charge on any atom is -0.493 e. The van der Waals surface area contributed by atoms with Crippen LogP contribution in [0.25, 0.3) is 0 Å². The van der Waals surface area contributed by atoms with Crippen LogP contribution >= 0.6 is 11.6 Å². The first-order valence-electron chi connectivity index (χ1n) is 8.22. The van der Waals surface area contributed by atoms with Gasteiger partial charge in [-0.2, -0.15) is 0 Å². The Balaban J connectivity index is 2.06. The minimum absolute atomic E-state index is 0.239. The highest BCUT2D eigenvalue weighted by Gasteiger charge is 2.16. The summed E-state index contributed by atoms with van der Waals surface area (Å²) < 4.78 is 10.9. The number of benzene rings is 2. The number of hydrazine groups is 1. The van der Waals surface area contributed by atoms with E-state index in [0.29, 0.717) is 23.7 Å². The molecule has 2 aromatic carbocycles. The highest BCUT2D eigenvalue weighted by atomic mass is 35.5. The first kappa shape index (κ1) is 19.6. The summed E-state index contributed by atoms with van der Waals surface area (Å²) in [5, 5.41) is 0.264. The predicted octanol–water partition coefficient (Wildman–Crippen LogP) is 3.60. The van der Waals surface area contributed by atoms with Crippen LogP contribution < -0.4 is 20.3 Å². The number of carbonyl (C=O) groups excluding carboxylic acids is 2. The average Bonchev–Trinajstić information content (AvgIpc) is 2.67. The van der Waals surface area contributed by atoms with Gasteiger partial charge >= 0.3 is 0 Å². The lowest BCUT2D eigenvalue weighted by Crippen LogP contribution is -2.41. The summed E-state index contributed by atoms with van der Waals surface area (Å²) in [7, 11) is 1.47. The highest BCUT2D eigenvalue weighted by Crippen LogP contribution is 2.36. The van der Waals surface area contributed by atoms with Crippen molar-refractivity contribution in [3.63, 3.8) is 0 Å². The van der Waals surface area contributed by atoms with Crippen molar-refractivity contribution in [3.8, 4) is 11.5 Å². The van der Waals surface area contributed by atoms with E-state index in [1.807, 2.05) is 0 Å². The van der Waals surface area contributed by atoms with E-state index in [1.54, 1.807) is 30.3 Å². The second-order valence-corrected chi connectivity index (χ2v) is 5.87. The Morgan fingerprint density at radius 1 is 1.04 bits per heavy atom. The number of hydrogen-bond donors (Lipinski definition) is 2. The molecule has 2 aromatic rings. The minimum atomic E-state index is -0.519. The lowest BCUT2D eigenvalue weighted by Gasteiger charge is -2.14. The molecule has 2 N–H and O–H groups in total. The van der Waals surface area contributed by atoms with E-state index in [0.717, 1.165) is 12.8 Å². The third-order valence-electron chi connectivity index (χ3n) is 3.56. The lowest BCUT2D eigenvalue weighted by atomic mass is 10.2. The molecule has 138 valence electrons. The van der Waals surface area contributed by atoms with Crippen molar-refractivity contribution in [1.29, 1.82) is 0 Å². The largest absolute Gasteiger partial charge is 0.493 e. The quantitative estimate of drug-likeness (QED) is 0.571. The molecule has 0 fully saturated rings. The Morgan fingerprint density at radius 2 is 1.69 bits per heavy atom. The van der Waals surface area contributed by atoms with Gasteiger partial charge in [-0.15, -0.1) is 0 Å². The summed E-state index contributed by atoms with van der Waals surface area (Å²) in [6, 6.07) is 11.5. The number of nitrogens with one attached hydrogen (secondary N) is 2. The van der Waals surface area contributed by atoms with E-state index in [1.165, 1.54) is 19.2 Å². The van der Waals surface area contributed by atoms with Crippen LogP contribution in [0.15, 0.2) is 42.5 Å². The molecular formula is C19H21ClN2O4. The molecule has 0 radical (unpaired) electrons. The molecule has 0 aliphatic carbocycles. The highest BCUT2D eigenvalue weighted by molar-refractivity contribution is 6.32. The maximum Gasteiger partial charge on any atom is 0.269 e. The molecule has 0 atom stereocenters. The number of ether oxygens (including phenoxy) is 2. The number of halogens is 1. The normalized spacial score (nSPS) is 10.1. The van der Waals surface area contributed by atoms with E-state index < -0.39 is 11.8 Å². The van der Waals surface area contributed by atoms with Crippen LogP contribution in [0.2, 0.25) is 5.02 Å². The summed E-state index contributed by atoms with van der Waals surface area (Å²) in [4.78, 5) is 24.3. The van der Waals surface area contributed by atoms with Gasteiger partial charge in [-0.05, 0) is 30.7 Å². The Labute approximate surface area is 157 Å². The van der Waals surface area contributed by atoms with E-state index in [4.69, 9.17) is 21.1 Å². The third kappa shape index (κ3) is 5.13. The molecule has 0 aromatic heterocycles. The Bertz CT molecular complexity index is 766. The number of carbonyl (C=O) groups is 2. The molecule has 6 nitrogen and oxygen atoms in total. The van der Waals surface area contributed by atoms with Crippen molar-refractivity contribution in [2.75, 3.05) is 13.7 Å². The van der Waals surface area contributed by atoms with E-state index in [9.17, 15) is 9.59 Å². The van der Waals surface area contributed by atoms with Gasteiger partial charge in [0.25, 0.3) is 11.8 Å². The number of unbranched alkanes of at least 4 members (excludes halogenated alkanes) is 1. The molecule has 0 saturated heterocycles. The van der Waals surface area contributed by atoms with Crippen LogP contribution in [0.3, 0.4) is 0 Å². The van der Waals surface area contributed by atoms with Crippen molar-refractivity contribution in [2.24, 2.45) is 0 Å². The molecule has 7 heteroatoms. The Hall–Kier alpha value is -2.73. The van der Waals surface area contributed by atoms with E-state index in [2.05, 4.69) is 17.8 Å². The van der Waals surface area contributed by atoms with Gasteiger partial charge in [0.2, 0.25) is 0 Å². The van der Waals surface area contributed by atoms with Gasteiger partial charge in [0.05, 0.1) is 18.7 Å². The second-order valence-electron chi connectivity index (χ2n) is 5.47. The summed E-state index contributed by atoms with van der Waals surface area (Å²) >= 11 is 6.22. The fourth-order valence-corrected chi connectivity index (χ4v) is 2.42. The van der Waals surface area contributed by atoms with Crippen LogP contribution in [0.4, 0.5) is 0 Å². The molecule has 0 bridgehead atoms. The zero-order valence-electron chi connectivity index (χ0n) is 14.7. The van der Waals surface area contributed by atoms with Gasteiger partial charge in [-0.3, -0.25) is 20.4 Å². The van der Waals surface area contributed by atoms with E-state index >= 15 is 0 Å². The first-order chi connectivity index (χ1) is 12.6. The smallest absolute Gasteiger partial charge is 0.269 e. The fourth-order valence-electron chi connectivity index (χ4n) is 2.16. The number of amides is 2. The lowest BCUT2D eigenvalue weighted by molar-refractivity contribution is 0.0846. The van der Waals surface area contributed by atoms with Crippen molar-refractivity contribution in [3.05, 3.63) is 58.6 Å². The second kappa shape index (κ2) is 9.68. The SMILES string of the molecule is CCCCOc1c(Cl)cc(C(=O)NNC(=O)c2ccccc2)cc1OC. The van der Waals surface area contributed by atoms with Crippen LogP contribution in [0, 0.1) is 0 Å². The maximum absolute atomic E-state index is 12.3. The van der Waals surface area contributed by atoms with Gasteiger partial charge in [-0.1, -0.05) is 43.1 Å². The number of hydrogen-bond acceptors (Lipinski definition) is 4. The number of rotatable bonds is 7. The van der Waals surface area contributed by atoms with Crippen molar-refractivity contribution in [2.45, 2.75) is 19.8 Å². The van der Waals surface area contributed by atoms with Crippen LogP contribution in [0.1, 0.15) is 40.5 Å². The molecule has 26 heavy (non-hydrogen) atoms. The molecular weight excluding hydrogens is 356 g/mol. The summed E-state index contributed by atoms with van der Waals surface area (Å²) in [5.74, 6) is -0.188. The maximum atomic E-state index is 12.3. The molecule has 0 spiro atoms. The predicted molar refractivity (Wildman–Crippen MR) is 99.8 cm³/mol. The van der Waals surface area contributed by atoms with Crippen LogP contribution in [-0.2, 0) is 0 Å². The summed E-state index contributed by atoms with van der Waals surface area (Å²) in [5.41, 5.74) is 5.38. The molecule has 0 heterocycles. The Kier molecular flexibility index (Phi) is 7.29. The topological polar surface area (TPSA) is 76.7 Å². The van der Waals surface area contributed by atoms with Crippen molar-refractivity contribution >= 4 is 23.4 Å². The van der Waals surface area contributed by atoms with Gasteiger partial charge in [0.15, 0.2) is 11.5 Å². The molecule has 0 unspecified atom stereocenters. The van der Waals surface area contributed by atoms with Gasteiger partial charge < -0.3 is 9.47 Å². The standard InChI is InChI=1S/C19H21ClN2O4/c1-3-4-10-26-17-15(20)11-14(12-16(17)25-2)19(24)22-21-18(23)13-8-6-5-7-9-13/h5-9,11-12H,3-4,10H2,1-2H3,(H,21,23)(H,22,24). The summed E-state index contributed by atoms with van der Waals surface area (Å²) in [6.07, 6.45) is 1.87. The molecule has 0 aliphatic heterocycles. The van der Waals surface area contributed by atoms with Crippen LogP contribution in [-0.4, -0.2) is 25.5 Å². The zero-order valence-corrected chi connectivity index (χ0v) is 15.4. The average molecular weight is 377 g/mol. The van der Waals surface area contributed by atoms with Crippen molar-refractivity contribution < 1.29 is 19.1 Å². The first-order valence-corrected chi connectivity index (χ1v) is 8.60. The molecule has 2 rings (SSSR count). The van der Waals surface area contributed by atoms with Gasteiger partial charge in [0.1, 0.15) is 0 Å². The molecule has 2 amide bonds. The van der Waals surface area contributed by atoms with Crippen molar-refractivity contribution in [1.82, 2.24) is 10.9 Å². The molecule has 0 saturated carbocycles. The van der Waals surface area contributed by atoms with Gasteiger partial charge in [0, 0.05) is 11.1 Å². The van der Waals surface area contributed by atoms with Crippen LogP contribution in [0.5, 0.6) is 11.5 Å². The Morgan fingerprint density at radius 3 is 2.31 bits per heavy atom. The van der Waals surface area contributed by atoms with Gasteiger partial charge in [-0.25, -0.2) is 0 Å². The summed E-state index contributed by atoms with van der Waals surface area (Å²) in [6.45, 7) is 2.56. The molecule has 0 aliphatic rings. The van der Waals surface area contributed by atoms with E-state index in [-0.39, 0.29) is 10.6 Å². The monoisotopic (exact) mass is 376 g/mol.